The fourth-order valence-electron chi connectivity index (χ4n) is 8.69. The number of hydrogen-bond acceptors (Lipinski definition) is 3. The lowest BCUT2D eigenvalue weighted by atomic mass is 9.58. The number of nitrogens with zero attached hydrogens (tertiary/aromatic N) is 2. The minimum Gasteiger partial charge on any atom is -0.359 e. The molecule has 3 heterocycles. The van der Waals surface area contributed by atoms with Crippen molar-refractivity contribution >= 4 is 10.8 Å². The maximum atomic E-state index is 7.42. The highest BCUT2D eigenvalue weighted by molar-refractivity contribution is 5.82. The number of rotatable bonds is 2. The van der Waals surface area contributed by atoms with Gasteiger partial charge in [0.15, 0.2) is 0 Å². The van der Waals surface area contributed by atoms with E-state index in [9.17, 15) is 0 Å². The van der Waals surface area contributed by atoms with Crippen LogP contribution in [0, 0.1) is 11.3 Å². The summed E-state index contributed by atoms with van der Waals surface area (Å²) in [5.41, 5.74) is 4.82. The van der Waals surface area contributed by atoms with Gasteiger partial charge in [-0.2, -0.15) is 0 Å². The Bertz CT molecular complexity index is 1200. The van der Waals surface area contributed by atoms with E-state index >= 15 is 0 Å². The average Bonchev–Trinajstić information content (AvgIpc) is 3.33. The first-order valence-corrected chi connectivity index (χ1v) is 13.1. The lowest BCUT2D eigenvalue weighted by molar-refractivity contribution is -0.139. The lowest BCUT2D eigenvalue weighted by Crippen LogP contribution is -2.55. The Hall–Kier alpha value is -1.97. The molecule has 2 spiro atoms. The average molecular weight is 441 g/mol. The first-order chi connectivity index (χ1) is 15.9. The van der Waals surface area contributed by atoms with Gasteiger partial charge in [-0.15, -0.1) is 0 Å². The topological polar surface area (TPSA) is 25.4 Å². The number of allylic oxidation sites excluding steroid dienone is 1. The second-order valence-electron chi connectivity index (χ2n) is 12.0. The van der Waals surface area contributed by atoms with Crippen LogP contribution in [0.4, 0.5) is 0 Å². The first kappa shape index (κ1) is 20.4. The van der Waals surface area contributed by atoms with Gasteiger partial charge in [-0.1, -0.05) is 31.2 Å². The summed E-state index contributed by atoms with van der Waals surface area (Å²) >= 11 is 0. The zero-order valence-electron chi connectivity index (χ0n) is 20.3. The van der Waals surface area contributed by atoms with Crippen molar-refractivity contribution in [2.24, 2.45) is 11.3 Å². The molecule has 6 atom stereocenters. The summed E-state index contributed by atoms with van der Waals surface area (Å²) in [6.07, 6.45) is 18.9. The third kappa shape index (κ3) is 2.67. The van der Waals surface area contributed by atoms with Gasteiger partial charge in [0.2, 0.25) is 0 Å². The molecule has 5 aliphatic rings. The first-order valence-electron chi connectivity index (χ1n) is 13.1. The predicted molar refractivity (Wildman–Crippen MR) is 133 cm³/mol. The quantitative estimate of drug-likeness (QED) is 0.540. The minimum absolute atomic E-state index is 0.00448. The number of pyridine rings is 1. The van der Waals surface area contributed by atoms with Crippen LogP contribution in [0.1, 0.15) is 69.8 Å². The molecule has 0 radical (unpaired) electrons. The second-order valence-corrected chi connectivity index (χ2v) is 12.0. The third-order valence-corrected chi connectivity index (χ3v) is 10.5. The Labute approximate surface area is 197 Å². The van der Waals surface area contributed by atoms with Crippen LogP contribution in [-0.4, -0.2) is 41.2 Å². The zero-order chi connectivity index (χ0) is 22.4. The molecule has 33 heavy (non-hydrogen) atoms. The molecule has 0 N–H and O–H groups in total. The number of fused-ring (bicyclic) bond motifs is 2. The van der Waals surface area contributed by atoms with Crippen molar-refractivity contribution in [1.29, 1.82) is 0 Å². The van der Waals surface area contributed by atoms with Gasteiger partial charge in [-0.25, -0.2) is 0 Å². The largest absolute Gasteiger partial charge is 0.359 e. The van der Waals surface area contributed by atoms with Crippen molar-refractivity contribution in [2.45, 2.75) is 81.5 Å². The monoisotopic (exact) mass is 440 g/mol. The van der Waals surface area contributed by atoms with Crippen LogP contribution in [0.15, 0.2) is 60.0 Å². The number of aromatic nitrogens is 1. The van der Waals surface area contributed by atoms with E-state index in [0.717, 1.165) is 0 Å². The van der Waals surface area contributed by atoms with Gasteiger partial charge < -0.3 is 9.64 Å². The van der Waals surface area contributed by atoms with Crippen molar-refractivity contribution in [2.75, 3.05) is 14.1 Å². The summed E-state index contributed by atoms with van der Waals surface area (Å²) in [4.78, 5) is 6.81. The van der Waals surface area contributed by atoms with Gasteiger partial charge in [0.1, 0.15) is 0 Å². The molecule has 1 aromatic carbocycles. The van der Waals surface area contributed by atoms with Crippen molar-refractivity contribution in [1.82, 2.24) is 9.88 Å². The van der Waals surface area contributed by atoms with Crippen molar-refractivity contribution in [3.8, 4) is 0 Å². The Morgan fingerprint density at radius 1 is 1.06 bits per heavy atom. The number of benzene rings is 1. The van der Waals surface area contributed by atoms with E-state index in [1.54, 1.807) is 5.57 Å². The molecule has 3 fully saturated rings. The van der Waals surface area contributed by atoms with Gasteiger partial charge in [-0.3, -0.25) is 4.98 Å². The van der Waals surface area contributed by atoms with Crippen LogP contribution in [0.5, 0.6) is 0 Å². The summed E-state index contributed by atoms with van der Waals surface area (Å²) in [5, 5.41) is 2.56. The van der Waals surface area contributed by atoms with E-state index in [4.69, 9.17) is 4.74 Å². The van der Waals surface area contributed by atoms with Gasteiger partial charge in [0.25, 0.3) is 0 Å². The molecular weight excluding hydrogens is 404 g/mol. The Kier molecular flexibility index (Phi) is 4.20. The van der Waals surface area contributed by atoms with Crippen LogP contribution >= 0.6 is 0 Å². The predicted octanol–water partition coefficient (Wildman–Crippen LogP) is 6.41. The Morgan fingerprint density at radius 2 is 1.97 bits per heavy atom. The molecule has 2 aromatic rings. The van der Waals surface area contributed by atoms with Crippen molar-refractivity contribution in [3.63, 3.8) is 0 Å². The van der Waals surface area contributed by atoms with Gasteiger partial charge >= 0.3 is 0 Å². The summed E-state index contributed by atoms with van der Waals surface area (Å²) in [7, 11) is 4.49. The normalized spacial score (nSPS) is 41.4. The van der Waals surface area contributed by atoms with Crippen molar-refractivity contribution < 1.29 is 4.74 Å². The SMILES string of the molecule is CN(C)[C@H]1CCC2=CC3=CC[C@]4(C)[C@@H](c5ccc6ccncc6c5)CC[C@H]4[C@@]34CCC2(C1)O4. The van der Waals surface area contributed by atoms with Crippen molar-refractivity contribution in [3.05, 3.63) is 65.5 Å². The van der Waals surface area contributed by atoms with E-state index in [1.807, 2.05) is 12.4 Å². The van der Waals surface area contributed by atoms with Crippen LogP contribution in [0.3, 0.4) is 0 Å². The van der Waals surface area contributed by atoms with E-state index < -0.39 is 0 Å². The summed E-state index contributed by atoms with van der Waals surface area (Å²) in [6.45, 7) is 2.57. The summed E-state index contributed by atoms with van der Waals surface area (Å²) < 4.78 is 7.42. The lowest BCUT2D eigenvalue weighted by Gasteiger charge is -2.54. The molecule has 172 valence electrons. The number of hydrogen-bond donors (Lipinski definition) is 0. The molecule has 3 nitrogen and oxygen atoms in total. The maximum Gasteiger partial charge on any atom is 0.0974 e. The standard InChI is InChI=1S/C30H36N2O/c1-28-12-10-24-17-23-6-7-25(32(2)3)18-29(23)13-14-30(24,33-29)27(28)9-8-26(28)21-5-4-20-11-15-31-19-22(20)16-21/h4-5,10-11,15-17,19,25-27H,6-9,12-14,18H2,1-3H3/t25-,26+,27+,28+,29?,30+/m0/s1. The minimum atomic E-state index is -0.0577. The molecule has 3 aliphatic carbocycles. The molecule has 2 saturated carbocycles. The molecule has 2 bridgehead atoms. The molecule has 3 heteroatoms. The highest BCUT2D eigenvalue weighted by Crippen LogP contribution is 2.69. The number of ether oxygens (including phenoxy) is 1. The molecule has 0 amide bonds. The highest BCUT2D eigenvalue weighted by atomic mass is 16.5. The van der Waals surface area contributed by atoms with Crippen LogP contribution in [-0.2, 0) is 4.74 Å². The fraction of sp³-hybridized carbons (Fsp3) is 0.567. The van der Waals surface area contributed by atoms with Gasteiger partial charge in [-0.05, 0) is 117 Å². The molecule has 1 aromatic heterocycles. The highest BCUT2D eigenvalue weighted by Gasteiger charge is 2.66. The summed E-state index contributed by atoms with van der Waals surface area (Å²) in [6, 6.07) is 9.86. The van der Waals surface area contributed by atoms with E-state index in [0.29, 0.717) is 17.9 Å². The Balaban J connectivity index is 1.28. The third-order valence-electron chi connectivity index (χ3n) is 10.5. The smallest absolute Gasteiger partial charge is 0.0974 e. The van der Waals surface area contributed by atoms with Gasteiger partial charge in [0.05, 0.1) is 11.2 Å². The molecule has 1 unspecified atom stereocenters. The molecule has 1 saturated heterocycles. The zero-order valence-corrected chi connectivity index (χ0v) is 20.3. The molecule has 7 rings (SSSR count). The molecular formula is C30H36N2O. The Morgan fingerprint density at radius 3 is 2.85 bits per heavy atom. The van der Waals surface area contributed by atoms with E-state index in [2.05, 4.69) is 67.3 Å². The van der Waals surface area contributed by atoms with Crippen LogP contribution < -0.4 is 0 Å². The van der Waals surface area contributed by atoms with Crippen LogP contribution in [0.25, 0.3) is 10.8 Å². The second kappa shape index (κ2) is 6.79. The van der Waals surface area contributed by atoms with Crippen LogP contribution in [0.2, 0.25) is 0 Å². The molecule has 2 aliphatic heterocycles. The maximum absolute atomic E-state index is 7.42. The fourth-order valence-corrected chi connectivity index (χ4v) is 8.69. The van der Waals surface area contributed by atoms with E-state index in [-0.39, 0.29) is 16.6 Å². The summed E-state index contributed by atoms with van der Waals surface area (Å²) in [5.74, 6) is 1.20. The van der Waals surface area contributed by atoms with Gasteiger partial charge in [0, 0.05) is 23.8 Å². The van der Waals surface area contributed by atoms with E-state index in [1.165, 1.54) is 73.3 Å².